The van der Waals surface area contributed by atoms with Gasteiger partial charge in [0.05, 0.1) is 6.54 Å². The Kier molecular flexibility index (Phi) is 10.5. The lowest BCUT2D eigenvalue weighted by Crippen LogP contribution is -2.54. The Morgan fingerprint density at radius 1 is 1.03 bits per heavy atom. The summed E-state index contributed by atoms with van der Waals surface area (Å²) >= 11 is 0. The predicted molar refractivity (Wildman–Crippen MR) is 106 cm³/mol. The van der Waals surface area contributed by atoms with Crippen molar-refractivity contribution in [3.05, 3.63) is 35.4 Å². The van der Waals surface area contributed by atoms with Gasteiger partial charge in [0.15, 0.2) is 0 Å². The van der Waals surface area contributed by atoms with Crippen molar-refractivity contribution in [1.82, 2.24) is 16.0 Å². The number of aldehydes is 2. The minimum atomic E-state index is -1.22. The second-order valence-electron chi connectivity index (χ2n) is 6.46. The minimum Gasteiger partial charge on any atom is -0.481 e. The Morgan fingerprint density at radius 3 is 2.33 bits per heavy atom. The van der Waals surface area contributed by atoms with E-state index in [4.69, 9.17) is 5.11 Å². The number of nitrogens with one attached hydrogen (secondary N) is 3. The van der Waals surface area contributed by atoms with Crippen molar-refractivity contribution in [2.24, 2.45) is 0 Å². The van der Waals surface area contributed by atoms with Crippen molar-refractivity contribution in [1.29, 1.82) is 0 Å². The molecule has 0 saturated heterocycles. The fourth-order valence-corrected chi connectivity index (χ4v) is 2.63. The fraction of sp³-hybridized carbons (Fsp3) is 0.400. The summed E-state index contributed by atoms with van der Waals surface area (Å²) in [6.45, 7) is 1.59. The predicted octanol–water partition coefficient (Wildman–Crippen LogP) is 0.0623. The smallest absolute Gasteiger partial charge is 0.303 e. The van der Waals surface area contributed by atoms with E-state index in [9.17, 15) is 28.8 Å². The standard InChI is InChI=1S/C20H25N3O7/c1-2-4-15(19(29)21-9-10-24)23-20(30)16(7-8-17(26)27)22-18(28)14-6-3-5-13(11-14)12-25/h3,5-6,10-12,15-16H,2,4,7-9H2,1H3,(H,21,29)(H,22,28)(H,23,30)(H,26,27). The maximum absolute atomic E-state index is 12.7. The molecular weight excluding hydrogens is 394 g/mol. The maximum Gasteiger partial charge on any atom is 0.303 e. The molecule has 2 atom stereocenters. The van der Waals surface area contributed by atoms with Gasteiger partial charge in [0.25, 0.3) is 5.91 Å². The van der Waals surface area contributed by atoms with Gasteiger partial charge in [0.1, 0.15) is 24.7 Å². The molecule has 0 radical (unpaired) electrons. The van der Waals surface area contributed by atoms with Crippen LogP contribution in [0.3, 0.4) is 0 Å². The van der Waals surface area contributed by atoms with Crippen LogP contribution in [0.1, 0.15) is 53.3 Å². The van der Waals surface area contributed by atoms with E-state index < -0.39 is 35.8 Å². The lowest BCUT2D eigenvalue weighted by Gasteiger charge is -2.22. The highest BCUT2D eigenvalue weighted by Crippen LogP contribution is 2.07. The van der Waals surface area contributed by atoms with Gasteiger partial charge >= 0.3 is 5.97 Å². The van der Waals surface area contributed by atoms with Gasteiger partial charge in [0.2, 0.25) is 11.8 Å². The summed E-state index contributed by atoms with van der Waals surface area (Å²) in [5.74, 6) is -3.10. The summed E-state index contributed by atoms with van der Waals surface area (Å²) in [5, 5.41) is 16.2. The molecule has 1 rings (SSSR count). The zero-order valence-corrected chi connectivity index (χ0v) is 16.6. The molecule has 0 bridgehead atoms. The average molecular weight is 419 g/mol. The Bertz CT molecular complexity index is 794. The van der Waals surface area contributed by atoms with E-state index >= 15 is 0 Å². The van der Waals surface area contributed by atoms with Gasteiger partial charge in [-0.25, -0.2) is 0 Å². The van der Waals surface area contributed by atoms with Gasteiger partial charge < -0.3 is 25.9 Å². The molecule has 0 saturated carbocycles. The highest BCUT2D eigenvalue weighted by molar-refractivity contribution is 5.99. The Balaban J connectivity index is 2.95. The summed E-state index contributed by atoms with van der Waals surface area (Å²) in [5.41, 5.74) is 0.394. The van der Waals surface area contributed by atoms with E-state index in [0.29, 0.717) is 19.0 Å². The van der Waals surface area contributed by atoms with Crippen molar-refractivity contribution in [3.63, 3.8) is 0 Å². The van der Waals surface area contributed by atoms with E-state index in [1.54, 1.807) is 6.92 Å². The van der Waals surface area contributed by atoms with Crippen LogP contribution in [0.15, 0.2) is 24.3 Å². The van der Waals surface area contributed by atoms with E-state index in [1.165, 1.54) is 24.3 Å². The first-order valence-corrected chi connectivity index (χ1v) is 9.42. The van der Waals surface area contributed by atoms with Gasteiger partial charge in [-0.05, 0) is 25.0 Å². The molecule has 3 amide bonds. The van der Waals surface area contributed by atoms with E-state index in [1.807, 2.05) is 0 Å². The molecule has 1 aromatic carbocycles. The summed E-state index contributed by atoms with van der Waals surface area (Å²) in [4.78, 5) is 69.6. The molecule has 2 unspecified atom stereocenters. The second-order valence-corrected chi connectivity index (χ2v) is 6.46. The summed E-state index contributed by atoms with van der Waals surface area (Å²) in [6.07, 6.45) is 1.34. The number of benzene rings is 1. The zero-order valence-electron chi connectivity index (χ0n) is 16.6. The molecule has 0 aliphatic heterocycles. The third kappa shape index (κ3) is 8.21. The quantitative estimate of drug-likeness (QED) is 0.329. The van der Waals surface area contributed by atoms with Crippen LogP contribution in [-0.2, 0) is 19.2 Å². The molecule has 10 nitrogen and oxygen atoms in total. The first-order valence-electron chi connectivity index (χ1n) is 9.42. The van der Waals surface area contributed by atoms with Gasteiger partial charge in [-0.1, -0.05) is 25.5 Å². The molecule has 10 heteroatoms. The highest BCUT2D eigenvalue weighted by atomic mass is 16.4. The molecule has 0 heterocycles. The first kappa shape index (κ1) is 24.5. The molecule has 0 fully saturated rings. The molecule has 0 aliphatic carbocycles. The number of rotatable bonds is 13. The van der Waals surface area contributed by atoms with Crippen LogP contribution in [0.5, 0.6) is 0 Å². The molecule has 0 spiro atoms. The molecule has 162 valence electrons. The van der Waals surface area contributed by atoms with E-state index in [2.05, 4.69) is 16.0 Å². The topological polar surface area (TPSA) is 159 Å². The number of hydrogen-bond donors (Lipinski definition) is 4. The van der Waals surface area contributed by atoms with Crippen molar-refractivity contribution in [3.8, 4) is 0 Å². The van der Waals surface area contributed by atoms with Gasteiger partial charge in [-0.15, -0.1) is 0 Å². The Hall–Kier alpha value is -3.56. The third-order valence-electron chi connectivity index (χ3n) is 4.12. The summed E-state index contributed by atoms with van der Waals surface area (Å²) < 4.78 is 0. The van der Waals surface area contributed by atoms with Crippen molar-refractivity contribution in [2.75, 3.05) is 6.54 Å². The normalized spacial score (nSPS) is 12.2. The molecular formula is C20H25N3O7. The Morgan fingerprint density at radius 2 is 1.73 bits per heavy atom. The van der Waals surface area contributed by atoms with Crippen LogP contribution in [0.25, 0.3) is 0 Å². The van der Waals surface area contributed by atoms with Crippen LogP contribution in [0.2, 0.25) is 0 Å². The van der Waals surface area contributed by atoms with Crippen LogP contribution < -0.4 is 16.0 Å². The van der Waals surface area contributed by atoms with Crippen LogP contribution in [0, 0.1) is 0 Å². The number of carboxylic acids is 1. The zero-order chi connectivity index (χ0) is 22.5. The van der Waals surface area contributed by atoms with Crippen molar-refractivity contribution in [2.45, 2.75) is 44.7 Å². The minimum absolute atomic E-state index is 0.126. The van der Waals surface area contributed by atoms with E-state index in [0.717, 1.165) is 0 Å². The number of aliphatic carboxylic acids is 1. The lowest BCUT2D eigenvalue weighted by molar-refractivity contribution is -0.137. The molecule has 30 heavy (non-hydrogen) atoms. The van der Waals surface area contributed by atoms with Crippen LogP contribution in [-0.4, -0.2) is 60.0 Å². The van der Waals surface area contributed by atoms with E-state index in [-0.39, 0.29) is 36.9 Å². The van der Waals surface area contributed by atoms with Gasteiger partial charge in [-0.3, -0.25) is 24.0 Å². The molecule has 1 aromatic rings. The largest absolute Gasteiger partial charge is 0.481 e. The average Bonchev–Trinajstić information content (AvgIpc) is 2.74. The van der Waals surface area contributed by atoms with Crippen LogP contribution >= 0.6 is 0 Å². The molecule has 0 aromatic heterocycles. The Labute approximate surface area is 173 Å². The van der Waals surface area contributed by atoms with Gasteiger partial charge in [-0.2, -0.15) is 0 Å². The number of amides is 3. The first-order chi connectivity index (χ1) is 14.3. The number of carboxylic acid groups (broad SMARTS) is 1. The highest BCUT2D eigenvalue weighted by Gasteiger charge is 2.27. The SMILES string of the molecule is CCCC(NC(=O)C(CCC(=O)O)NC(=O)c1cccc(C=O)c1)C(=O)NCC=O. The maximum atomic E-state index is 12.7. The molecule has 4 N–H and O–H groups in total. The number of carbonyl (C=O) groups excluding carboxylic acids is 5. The lowest BCUT2D eigenvalue weighted by atomic mass is 10.1. The van der Waals surface area contributed by atoms with Crippen molar-refractivity contribution < 1.29 is 33.9 Å². The fourth-order valence-electron chi connectivity index (χ4n) is 2.63. The van der Waals surface area contributed by atoms with Crippen molar-refractivity contribution >= 4 is 36.3 Å². The van der Waals surface area contributed by atoms with Gasteiger partial charge in [0, 0.05) is 17.5 Å². The number of hydrogen-bond acceptors (Lipinski definition) is 6. The van der Waals surface area contributed by atoms with Crippen LogP contribution in [0.4, 0.5) is 0 Å². The molecule has 0 aliphatic rings. The summed E-state index contributed by atoms with van der Waals surface area (Å²) in [7, 11) is 0. The second kappa shape index (κ2) is 12.8. The third-order valence-corrected chi connectivity index (χ3v) is 4.12. The monoisotopic (exact) mass is 419 g/mol. The number of carbonyl (C=O) groups is 6. The summed E-state index contributed by atoms with van der Waals surface area (Å²) in [6, 6.07) is 3.63.